The van der Waals surface area contributed by atoms with Gasteiger partial charge in [0.15, 0.2) is 11.6 Å². The molecule has 0 aliphatic heterocycles. The van der Waals surface area contributed by atoms with E-state index in [2.05, 4.69) is 51.3 Å². The average Bonchev–Trinajstić information content (AvgIpc) is 4.20. The molecule has 0 aliphatic carbocycles. The molecule has 0 atom stereocenters. The molecule has 1 amide bonds. The van der Waals surface area contributed by atoms with E-state index in [4.69, 9.17) is 29.6 Å². The first-order chi connectivity index (χ1) is 33.1. The minimum Gasteiger partial charge on any atom is -0.472 e. The van der Waals surface area contributed by atoms with Gasteiger partial charge in [0.25, 0.3) is 0 Å². The van der Waals surface area contributed by atoms with E-state index >= 15 is 0 Å². The van der Waals surface area contributed by atoms with Gasteiger partial charge in [0.05, 0.1) is 65.9 Å². The summed E-state index contributed by atoms with van der Waals surface area (Å²) in [6.07, 6.45) is 20.6. The Hall–Kier alpha value is -9.09. The fraction of sp³-hybridized carbons (Fsp3) is 0.118. The molecule has 11 rings (SSSR count). The monoisotopic (exact) mass is 898 g/mol. The number of anilines is 2. The number of hydrogen-bond donors (Lipinski definition) is 6. The van der Waals surface area contributed by atoms with Crippen LogP contribution in [0.5, 0.6) is 0 Å². The number of hydrogen-bond acceptors (Lipinski definition) is 13. The molecule has 17 heteroatoms. The first-order valence-electron chi connectivity index (χ1n) is 21.7. The number of nitrogens with two attached hydrogens (primary N) is 1. The van der Waals surface area contributed by atoms with Gasteiger partial charge in [-0.15, -0.1) is 0 Å². The number of aromatic nitrogens is 10. The SMILES string of the molecule is CC(C)C(=O)Nc1cncc(-c2cc(-c3cocc3-c3cncc4[nH]c(C(=N)c5cc(-c6cncc(CN(C)C)c6)ccc5N)nc34)c3[nH]nc(-c4nc5c(-c6ccoc6)cncc5[nH]4)c3c2)c1. The van der Waals surface area contributed by atoms with Crippen molar-refractivity contribution in [1.82, 2.24) is 55.0 Å². The van der Waals surface area contributed by atoms with Gasteiger partial charge in [-0.1, -0.05) is 19.9 Å². The zero-order valence-electron chi connectivity index (χ0n) is 37.2. The standard InChI is InChI=1S/C51H42N14O3/c1-26(2)51(66)58-33-10-32(16-55-17-33)30-12-34(45-36(13-30)48(64-63-45)50-60-42-20-56-18-37(46(42)62-50)29-7-8-67-23-29)39-24-68-25-40(39)38-19-57-21-43-47(38)61-49(59-43)44(53)35-11-28(5-6-41(35)52)31-9-27(14-54-15-31)22-65(3)4/h5-21,23-26,53H,22,52H2,1-4H3,(H,58,66)(H,59,61)(H,60,62)(H,63,64). The number of rotatable bonds is 12. The van der Waals surface area contributed by atoms with E-state index in [0.29, 0.717) is 67.5 Å². The number of amides is 1. The molecule has 0 unspecified atom stereocenters. The number of nitrogens with zero attached hydrogens (tertiary/aromatic N) is 8. The lowest BCUT2D eigenvalue weighted by Crippen LogP contribution is -2.17. The largest absolute Gasteiger partial charge is 0.472 e. The number of benzene rings is 2. The van der Waals surface area contributed by atoms with Crippen LogP contribution in [0.4, 0.5) is 11.4 Å². The van der Waals surface area contributed by atoms with Gasteiger partial charge >= 0.3 is 0 Å². The van der Waals surface area contributed by atoms with Gasteiger partial charge < -0.3 is 34.8 Å². The Morgan fingerprint density at radius 1 is 0.721 bits per heavy atom. The zero-order valence-corrected chi connectivity index (χ0v) is 37.2. The average molecular weight is 899 g/mol. The lowest BCUT2D eigenvalue weighted by molar-refractivity contribution is -0.118. The van der Waals surface area contributed by atoms with E-state index in [1.807, 2.05) is 76.7 Å². The first-order valence-corrected chi connectivity index (χ1v) is 21.7. The maximum absolute atomic E-state index is 12.8. The second-order valence-corrected chi connectivity index (χ2v) is 17.2. The van der Waals surface area contributed by atoms with Crippen LogP contribution in [0, 0.1) is 11.3 Å². The van der Waals surface area contributed by atoms with Crippen molar-refractivity contribution in [3.63, 3.8) is 0 Å². The predicted molar refractivity (Wildman–Crippen MR) is 261 cm³/mol. The lowest BCUT2D eigenvalue weighted by Gasteiger charge is -2.12. The summed E-state index contributed by atoms with van der Waals surface area (Å²) in [4.78, 5) is 49.7. The normalized spacial score (nSPS) is 11.7. The van der Waals surface area contributed by atoms with Crippen molar-refractivity contribution in [2.45, 2.75) is 20.4 Å². The molecular formula is C51H42N14O3. The Morgan fingerprint density at radius 3 is 2.24 bits per heavy atom. The molecule has 2 aromatic carbocycles. The Labute approximate surface area is 387 Å². The van der Waals surface area contributed by atoms with Gasteiger partial charge in [0, 0.05) is 105 Å². The maximum atomic E-state index is 12.8. The van der Waals surface area contributed by atoms with Gasteiger partial charge in [-0.3, -0.25) is 35.2 Å². The molecule has 334 valence electrons. The Bertz CT molecular complexity index is 3730. The molecule has 7 N–H and O–H groups in total. The highest BCUT2D eigenvalue weighted by molar-refractivity contribution is 6.14. The molecule has 17 nitrogen and oxygen atoms in total. The third-order valence-electron chi connectivity index (χ3n) is 11.8. The molecule has 0 saturated heterocycles. The fourth-order valence-electron chi connectivity index (χ4n) is 8.45. The number of carbonyl (C=O) groups is 1. The van der Waals surface area contributed by atoms with Crippen molar-refractivity contribution in [2.75, 3.05) is 25.1 Å². The predicted octanol–water partition coefficient (Wildman–Crippen LogP) is 9.74. The Balaban J connectivity index is 1.02. The summed E-state index contributed by atoms with van der Waals surface area (Å²) in [5.41, 5.74) is 21.0. The van der Waals surface area contributed by atoms with E-state index in [1.165, 1.54) is 0 Å². The Morgan fingerprint density at radius 2 is 1.46 bits per heavy atom. The van der Waals surface area contributed by atoms with Crippen LogP contribution >= 0.6 is 0 Å². The van der Waals surface area contributed by atoms with Crippen molar-refractivity contribution in [2.24, 2.45) is 5.92 Å². The van der Waals surface area contributed by atoms with Crippen LogP contribution in [0.25, 0.3) is 100 Å². The van der Waals surface area contributed by atoms with E-state index in [-0.39, 0.29) is 17.5 Å². The molecule has 0 radical (unpaired) electrons. The number of pyridine rings is 4. The van der Waals surface area contributed by atoms with Crippen molar-refractivity contribution in [3.8, 4) is 67.2 Å². The number of aromatic amines is 3. The molecule has 0 aliphatic rings. The van der Waals surface area contributed by atoms with Gasteiger partial charge in [0.2, 0.25) is 5.91 Å². The van der Waals surface area contributed by atoms with Crippen molar-refractivity contribution < 1.29 is 13.6 Å². The van der Waals surface area contributed by atoms with E-state index in [0.717, 1.165) is 67.5 Å². The number of H-pyrrole nitrogens is 3. The Kier molecular flexibility index (Phi) is 10.2. The van der Waals surface area contributed by atoms with Crippen LogP contribution < -0.4 is 11.1 Å². The maximum Gasteiger partial charge on any atom is 0.226 e. The summed E-state index contributed by atoms with van der Waals surface area (Å²) in [5, 5.41) is 21.3. The third kappa shape index (κ3) is 7.51. The topological polar surface area (TPSA) is 246 Å². The van der Waals surface area contributed by atoms with Crippen LogP contribution in [0.1, 0.15) is 30.8 Å². The highest BCUT2D eigenvalue weighted by Gasteiger charge is 2.24. The second-order valence-electron chi connectivity index (χ2n) is 17.2. The number of furan rings is 2. The summed E-state index contributed by atoms with van der Waals surface area (Å²) >= 11 is 0. The molecule has 11 aromatic rings. The van der Waals surface area contributed by atoms with Crippen LogP contribution in [-0.2, 0) is 11.3 Å². The third-order valence-corrected chi connectivity index (χ3v) is 11.8. The van der Waals surface area contributed by atoms with Crippen LogP contribution in [0.3, 0.4) is 0 Å². The van der Waals surface area contributed by atoms with Crippen LogP contribution in [-0.4, -0.2) is 80.7 Å². The molecule has 68 heavy (non-hydrogen) atoms. The highest BCUT2D eigenvalue weighted by Crippen LogP contribution is 2.43. The van der Waals surface area contributed by atoms with Crippen molar-refractivity contribution in [3.05, 3.63) is 140 Å². The fourth-order valence-corrected chi connectivity index (χ4v) is 8.45. The van der Waals surface area contributed by atoms with Gasteiger partial charge in [0.1, 0.15) is 22.4 Å². The summed E-state index contributed by atoms with van der Waals surface area (Å²) < 4.78 is 11.4. The van der Waals surface area contributed by atoms with Crippen molar-refractivity contribution >= 4 is 56.0 Å². The highest BCUT2D eigenvalue weighted by atomic mass is 16.3. The van der Waals surface area contributed by atoms with Gasteiger partial charge in [-0.05, 0) is 73.3 Å². The lowest BCUT2D eigenvalue weighted by atomic mass is 9.93. The number of nitrogen functional groups attached to an aromatic ring is 1. The summed E-state index contributed by atoms with van der Waals surface area (Å²) in [6, 6.07) is 15.5. The minimum atomic E-state index is -0.221. The molecule has 0 bridgehead atoms. The van der Waals surface area contributed by atoms with Gasteiger partial charge in [-0.2, -0.15) is 5.10 Å². The van der Waals surface area contributed by atoms with Gasteiger partial charge in [-0.25, -0.2) is 9.97 Å². The molecule has 9 heterocycles. The quantitative estimate of drug-likeness (QED) is 0.0496. The van der Waals surface area contributed by atoms with Crippen molar-refractivity contribution in [1.29, 1.82) is 5.41 Å². The minimum absolute atomic E-state index is 0.120. The molecular weight excluding hydrogens is 857 g/mol. The number of imidazole rings is 2. The molecule has 9 aromatic heterocycles. The van der Waals surface area contributed by atoms with E-state index in [9.17, 15) is 10.2 Å². The summed E-state index contributed by atoms with van der Waals surface area (Å²) in [6.45, 7) is 4.42. The van der Waals surface area contributed by atoms with E-state index < -0.39 is 0 Å². The molecule has 0 fully saturated rings. The molecule has 0 saturated carbocycles. The number of nitrogens with one attached hydrogen (secondary N) is 5. The number of fused-ring (bicyclic) bond motifs is 3. The smallest absolute Gasteiger partial charge is 0.226 e. The first kappa shape index (κ1) is 41.6. The van der Waals surface area contributed by atoms with Crippen LogP contribution in [0.15, 0.2) is 132 Å². The van der Waals surface area contributed by atoms with Crippen LogP contribution in [0.2, 0.25) is 0 Å². The number of carbonyl (C=O) groups excluding carboxylic acids is 1. The zero-order chi connectivity index (χ0) is 46.6. The van der Waals surface area contributed by atoms with E-state index in [1.54, 1.807) is 68.3 Å². The summed E-state index contributed by atoms with van der Waals surface area (Å²) in [7, 11) is 4.03. The second kappa shape index (κ2) is 16.7. The molecule has 0 spiro atoms. The summed E-state index contributed by atoms with van der Waals surface area (Å²) in [5.74, 6) is 0.502.